The van der Waals surface area contributed by atoms with E-state index in [0.717, 1.165) is 35.0 Å². The summed E-state index contributed by atoms with van der Waals surface area (Å²) in [5.74, 6) is 0. The number of halogens is 1. The molecule has 18 heavy (non-hydrogen) atoms. The summed E-state index contributed by atoms with van der Waals surface area (Å²) in [4.78, 5) is 0. The zero-order chi connectivity index (χ0) is 13.3. The zero-order valence-corrected chi connectivity index (χ0v) is 13.4. The molecule has 1 aromatic carbocycles. The molecular formula is C14H18BrNOS. The van der Waals surface area contributed by atoms with Gasteiger partial charge in [-0.3, -0.25) is 0 Å². The number of fused-ring (bicyclic) bond motifs is 1. The second-order valence-electron chi connectivity index (χ2n) is 5.55. The fraction of sp³-hybridized carbons (Fsp3) is 0.500. The molecule has 0 amide bonds. The topological polar surface area (TPSA) is 29.4 Å². The van der Waals surface area contributed by atoms with E-state index in [2.05, 4.69) is 38.5 Å². The normalized spacial score (nSPS) is 19.7. The molecule has 2 rings (SSSR count). The van der Waals surface area contributed by atoms with Crippen LogP contribution in [-0.2, 0) is 17.4 Å². The third kappa shape index (κ3) is 3.09. The molecule has 4 heteroatoms. The van der Waals surface area contributed by atoms with Crippen LogP contribution in [0.5, 0.6) is 0 Å². The van der Waals surface area contributed by atoms with Gasteiger partial charge in [0, 0.05) is 10.0 Å². The summed E-state index contributed by atoms with van der Waals surface area (Å²) in [5.41, 5.74) is 3.47. The first kappa shape index (κ1) is 13.9. The van der Waals surface area contributed by atoms with Crippen LogP contribution >= 0.6 is 15.9 Å². The van der Waals surface area contributed by atoms with Gasteiger partial charge >= 0.3 is 0 Å². The van der Waals surface area contributed by atoms with Gasteiger partial charge in [-0.05, 0) is 57.7 Å². The predicted octanol–water partition coefficient (Wildman–Crippen LogP) is 4.04. The molecule has 0 bridgehead atoms. The maximum atomic E-state index is 12.1. The highest BCUT2D eigenvalue weighted by molar-refractivity contribution is 9.10. The van der Waals surface area contributed by atoms with Gasteiger partial charge in [0.05, 0.1) is 10.5 Å². The Morgan fingerprint density at radius 1 is 1.28 bits per heavy atom. The van der Waals surface area contributed by atoms with E-state index in [-0.39, 0.29) is 4.75 Å². The molecule has 0 heterocycles. The second kappa shape index (κ2) is 5.25. The van der Waals surface area contributed by atoms with E-state index in [1.807, 2.05) is 20.8 Å². The lowest BCUT2D eigenvalue weighted by molar-refractivity contribution is 0.650. The molecule has 0 saturated carbocycles. The Hall–Kier alpha value is -0.480. The summed E-state index contributed by atoms with van der Waals surface area (Å²) in [7, 11) is -1.18. The lowest BCUT2D eigenvalue weighted by atomic mass is 9.90. The van der Waals surface area contributed by atoms with Crippen molar-refractivity contribution in [3.05, 3.63) is 33.8 Å². The van der Waals surface area contributed by atoms with Crippen molar-refractivity contribution in [3.8, 4) is 0 Å². The van der Waals surface area contributed by atoms with Crippen LogP contribution in [0.25, 0.3) is 0 Å². The minimum Gasteiger partial charge on any atom is -0.234 e. The highest BCUT2D eigenvalue weighted by atomic mass is 79.9. The molecule has 0 saturated heterocycles. The van der Waals surface area contributed by atoms with Gasteiger partial charge in [0.15, 0.2) is 0 Å². The van der Waals surface area contributed by atoms with Gasteiger partial charge in [0.25, 0.3) is 0 Å². The Kier molecular flexibility index (Phi) is 4.07. The van der Waals surface area contributed by atoms with Gasteiger partial charge in [-0.2, -0.15) is 4.40 Å². The van der Waals surface area contributed by atoms with Crippen LogP contribution in [0.4, 0.5) is 0 Å². The van der Waals surface area contributed by atoms with Crippen molar-refractivity contribution in [1.29, 1.82) is 0 Å². The first-order valence-corrected chi connectivity index (χ1v) is 8.06. The zero-order valence-electron chi connectivity index (χ0n) is 11.0. The van der Waals surface area contributed by atoms with Gasteiger partial charge < -0.3 is 0 Å². The average molecular weight is 328 g/mol. The molecule has 0 radical (unpaired) electrons. The van der Waals surface area contributed by atoms with Gasteiger partial charge in [0.1, 0.15) is 11.0 Å². The Labute approximate surface area is 120 Å². The SMILES string of the molecule is CC(C)(C)S(=O)N=C1CCCc2ccc(Br)cc21. The molecule has 0 aliphatic heterocycles. The Morgan fingerprint density at radius 2 is 2.00 bits per heavy atom. The van der Waals surface area contributed by atoms with Gasteiger partial charge in [0.2, 0.25) is 0 Å². The third-order valence-corrected chi connectivity index (χ3v) is 4.89. The van der Waals surface area contributed by atoms with Crippen molar-refractivity contribution in [2.24, 2.45) is 4.40 Å². The van der Waals surface area contributed by atoms with Gasteiger partial charge in [-0.15, -0.1) is 0 Å². The van der Waals surface area contributed by atoms with E-state index < -0.39 is 11.0 Å². The molecule has 0 N–H and O–H groups in total. The summed E-state index contributed by atoms with van der Waals surface area (Å²) in [5, 5.41) is 0. The van der Waals surface area contributed by atoms with E-state index in [1.165, 1.54) is 5.56 Å². The van der Waals surface area contributed by atoms with Crippen LogP contribution in [-0.4, -0.2) is 14.7 Å². The maximum absolute atomic E-state index is 12.1. The van der Waals surface area contributed by atoms with E-state index in [4.69, 9.17) is 0 Å². The van der Waals surface area contributed by atoms with Crippen molar-refractivity contribution in [1.82, 2.24) is 0 Å². The summed E-state index contributed by atoms with van der Waals surface area (Å²) in [6.45, 7) is 5.87. The number of hydrogen-bond donors (Lipinski definition) is 0. The van der Waals surface area contributed by atoms with E-state index in [1.54, 1.807) is 0 Å². The highest BCUT2D eigenvalue weighted by Crippen LogP contribution is 2.26. The standard InChI is InChI=1S/C14H18BrNOS/c1-14(2,3)18(17)16-13-6-4-5-10-7-8-11(15)9-12(10)13/h7-9H,4-6H2,1-3H3. The van der Waals surface area contributed by atoms with Crippen LogP contribution in [0.1, 0.15) is 44.7 Å². The van der Waals surface area contributed by atoms with Gasteiger partial charge in [-0.25, -0.2) is 4.21 Å². The monoisotopic (exact) mass is 327 g/mol. The van der Waals surface area contributed by atoms with Gasteiger partial charge in [-0.1, -0.05) is 22.0 Å². The van der Waals surface area contributed by atoms with Crippen molar-refractivity contribution >= 4 is 32.6 Å². The van der Waals surface area contributed by atoms with Crippen LogP contribution in [0.3, 0.4) is 0 Å². The molecule has 0 aromatic heterocycles. The molecule has 0 spiro atoms. The molecule has 1 aliphatic rings. The summed E-state index contributed by atoms with van der Waals surface area (Å²) in [6.07, 6.45) is 3.10. The molecular weight excluding hydrogens is 310 g/mol. The fourth-order valence-electron chi connectivity index (χ4n) is 1.95. The van der Waals surface area contributed by atoms with E-state index in [9.17, 15) is 4.21 Å². The summed E-state index contributed by atoms with van der Waals surface area (Å²) < 4.78 is 17.4. The van der Waals surface area contributed by atoms with Crippen LogP contribution < -0.4 is 0 Å². The first-order valence-electron chi connectivity index (χ1n) is 6.16. The largest absolute Gasteiger partial charge is 0.234 e. The van der Waals surface area contributed by atoms with Crippen LogP contribution in [0.15, 0.2) is 27.1 Å². The Bertz CT molecular complexity index is 517. The van der Waals surface area contributed by atoms with E-state index in [0.29, 0.717) is 0 Å². The number of nitrogens with zero attached hydrogens (tertiary/aromatic N) is 1. The maximum Gasteiger partial charge on any atom is 0.145 e. The summed E-state index contributed by atoms with van der Waals surface area (Å²) in [6, 6.07) is 6.28. The molecule has 1 atom stereocenters. The minimum absolute atomic E-state index is 0.295. The van der Waals surface area contributed by atoms with Crippen molar-refractivity contribution in [2.75, 3.05) is 0 Å². The molecule has 1 aromatic rings. The molecule has 1 aliphatic carbocycles. The number of aryl methyl sites for hydroxylation is 1. The molecule has 98 valence electrons. The lowest BCUT2D eigenvalue weighted by Crippen LogP contribution is -2.22. The van der Waals surface area contributed by atoms with Crippen molar-refractivity contribution < 1.29 is 4.21 Å². The highest BCUT2D eigenvalue weighted by Gasteiger charge is 2.22. The van der Waals surface area contributed by atoms with Crippen molar-refractivity contribution in [2.45, 2.75) is 44.8 Å². The Balaban J connectivity index is 2.41. The van der Waals surface area contributed by atoms with Crippen LogP contribution in [0, 0.1) is 0 Å². The number of benzene rings is 1. The minimum atomic E-state index is -1.18. The third-order valence-electron chi connectivity index (χ3n) is 2.96. The number of hydrogen-bond acceptors (Lipinski definition) is 1. The summed E-state index contributed by atoms with van der Waals surface area (Å²) >= 11 is 3.49. The first-order chi connectivity index (χ1) is 8.38. The predicted molar refractivity (Wildman–Crippen MR) is 81.5 cm³/mol. The van der Waals surface area contributed by atoms with E-state index >= 15 is 0 Å². The van der Waals surface area contributed by atoms with Crippen LogP contribution in [0.2, 0.25) is 0 Å². The fourth-order valence-corrected chi connectivity index (χ4v) is 2.97. The second-order valence-corrected chi connectivity index (χ2v) is 8.38. The van der Waals surface area contributed by atoms with Crippen molar-refractivity contribution in [3.63, 3.8) is 0 Å². The molecule has 1 unspecified atom stereocenters. The number of rotatable bonds is 1. The molecule has 2 nitrogen and oxygen atoms in total. The lowest BCUT2D eigenvalue weighted by Gasteiger charge is -2.20. The average Bonchev–Trinajstić information content (AvgIpc) is 2.28. The Morgan fingerprint density at radius 3 is 2.67 bits per heavy atom. The molecule has 0 fully saturated rings. The quantitative estimate of drug-likeness (QED) is 0.765. The smallest absolute Gasteiger partial charge is 0.145 e.